The number of imidazole rings is 1. The molecule has 4 aromatic rings. The van der Waals surface area contributed by atoms with E-state index in [2.05, 4.69) is 49.5 Å². The Bertz CT molecular complexity index is 1250. The molecule has 1 atom stereocenters. The third-order valence-electron chi connectivity index (χ3n) is 6.59. The van der Waals surface area contributed by atoms with E-state index in [-0.39, 0.29) is 5.82 Å². The van der Waals surface area contributed by atoms with Gasteiger partial charge >= 0.3 is 0 Å². The second-order valence-corrected chi connectivity index (χ2v) is 8.52. The molecule has 0 bridgehead atoms. The van der Waals surface area contributed by atoms with E-state index in [4.69, 9.17) is 5.73 Å². The van der Waals surface area contributed by atoms with Crippen molar-refractivity contribution in [2.45, 2.75) is 13.0 Å². The lowest BCUT2D eigenvalue weighted by atomic mass is 10.1. The lowest BCUT2D eigenvalue weighted by Crippen LogP contribution is -2.22. The van der Waals surface area contributed by atoms with Crippen LogP contribution in [0.1, 0.15) is 12.0 Å². The van der Waals surface area contributed by atoms with Gasteiger partial charge in [-0.2, -0.15) is 0 Å². The van der Waals surface area contributed by atoms with Crippen LogP contribution >= 0.6 is 0 Å². The van der Waals surface area contributed by atoms with Crippen molar-refractivity contribution in [1.29, 1.82) is 0 Å². The van der Waals surface area contributed by atoms with Crippen LogP contribution in [0, 0.1) is 11.7 Å². The molecule has 1 saturated heterocycles. The number of anilines is 1. The van der Waals surface area contributed by atoms with E-state index in [1.165, 1.54) is 23.4 Å². The maximum absolute atomic E-state index is 13.4. The van der Waals surface area contributed by atoms with Gasteiger partial charge in [-0.1, -0.05) is 12.1 Å². The SMILES string of the molecule is NCC1CCN(c2ccc3c(c2)Cn2cc(-c4ccc(F)cc4)cc2-c2nccn2-3)C1. The Hall–Kier alpha value is -3.38. The molecule has 2 aliphatic heterocycles. The van der Waals surface area contributed by atoms with Crippen LogP contribution in [0.15, 0.2) is 67.1 Å². The van der Waals surface area contributed by atoms with Gasteiger partial charge in [0.15, 0.2) is 5.82 Å². The molecule has 2 N–H and O–H groups in total. The van der Waals surface area contributed by atoms with Crippen LogP contribution in [-0.2, 0) is 6.54 Å². The lowest BCUT2D eigenvalue weighted by Gasteiger charge is -2.21. The van der Waals surface area contributed by atoms with Gasteiger partial charge in [-0.15, -0.1) is 0 Å². The van der Waals surface area contributed by atoms with Gasteiger partial charge in [-0.05, 0) is 66.4 Å². The van der Waals surface area contributed by atoms with Crippen molar-refractivity contribution in [3.05, 3.63) is 78.5 Å². The Morgan fingerprint density at radius 2 is 1.94 bits per heavy atom. The summed E-state index contributed by atoms with van der Waals surface area (Å²) in [7, 11) is 0. The molecule has 6 rings (SSSR count). The molecule has 31 heavy (non-hydrogen) atoms. The van der Waals surface area contributed by atoms with Crippen molar-refractivity contribution in [2.24, 2.45) is 11.7 Å². The first-order chi connectivity index (χ1) is 15.2. The molecule has 1 fully saturated rings. The fourth-order valence-corrected chi connectivity index (χ4v) is 4.89. The van der Waals surface area contributed by atoms with Gasteiger partial charge in [0.05, 0.1) is 11.4 Å². The largest absolute Gasteiger partial charge is 0.371 e. The van der Waals surface area contributed by atoms with Crippen molar-refractivity contribution in [3.63, 3.8) is 0 Å². The summed E-state index contributed by atoms with van der Waals surface area (Å²) in [6.45, 7) is 3.59. The molecule has 0 saturated carbocycles. The number of rotatable bonds is 3. The molecule has 2 aromatic carbocycles. The highest BCUT2D eigenvalue weighted by molar-refractivity contribution is 5.72. The van der Waals surface area contributed by atoms with E-state index < -0.39 is 0 Å². The Balaban J connectivity index is 1.43. The minimum absolute atomic E-state index is 0.222. The highest BCUT2D eigenvalue weighted by Crippen LogP contribution is 2.36. The van der Waals surface area contributed by atoms with Gasteiger partial charge in [0.25, 0.3) is 0 Å². The van der Waals surface area contributed by atoms with Gasteiger partial charge in [0, 0.05) is 49.5 Å². The third-order valence-corrected chi connectivity index (χ3v) is 6.59. The standard InChI is InChI=1S/C25H24FN5/c26-21-3-1-18(2-4-21)19-12-24-25-28-8-10-31(25)23-6-5-22(11-20(23)16-30(24)15-19)29-9-7-17(13-27)14-29/h1-6,8,10-12,15,17H,7,9,13-14,16,27H2. The number of hydrogen-bond donors (Lipinski definition) is 1. The van der Waals surface area contributed by atoms with E-state index in [0.717, 1.165) is 60.9 Å². The molecule has 4 heterocycles. The van der Waals surface area contributed by atoms with Crippen LogP contribution in [0.5, 0.6) is 0 Å². The number of nitrogens with zero attached hydrogens (tertiary/aromatic N) is 4. The highest BCUT2D eigenvalue weighted by Gasteiger charge is 2.25. The molecule has 0 amide bonds. The summed E-state index contributed by atoms with van der Waals surface area (Å²) in [5, 5.41) is 0. The molecule has 2 aliphatic rings. The van der Waals surface area contributed by atoms with Crippen LogP contribution in [0.3, 0.4) is 0 Å². The van der Waals surface area contributed by atoms with Crippen LogP contribution in [0.25, 0.3) is 28.3 Å². The van der Waals surface area contributed by atoms with E-state index >= 15 is 0 Å². The van der Waals surface area contributed by atoms with Gasteiger partial charge in [-0.25, -0.2) is 9.37 Å². The van der Waals surface area contributed by atoms with Gasteiger partial charge in [0.1, 0.15) is 5.82 Å². The molecular formula is C25H24FN5. The molecule has 0 spiro atoms. The van der Waals surface area contributed by atoms with E-state index in [0.29, 0.717) is 5.92 Å². The maximum atomic E-state index is 13.4. The summed E-state index contributed by atoms with van der Waals surface area (Å²) in [4.78, 5) is 7.10. The Labute approximate surface area is 180 Å². The predicted molar refractivity (Wildman–Crippen MR) is 121 cm³/mol. The van der Waals surface area contributed by atoms with Gasteiger partial charge in [-0.3, -0.25) is 4.57 Å². The van der Waals surface area contributed by atoms with Crippen LogP contribution < -0.4 is 10.6 Å². The number of halogens is 1. The van der Waals surface area contributed by atoms with Gasteiger partial charge < -0.3 is 15.2 Å². The zero-order valence-electron chi connectivity index (χ0n) is 17.2. The second-order valence-electron chi connectivity index (χ2n) is 8.52. The fourth-order valence-electron chi connectivity index (χ4n) is 4.89. The molecular weight excluding hydrogens is 389 g/mol. The Kier molecular flexibility index (Phi) is 4.21. The average molecular weight is 414 g/mol. The molecule has 156 valence electrons. The van der Waals surface area contributed by atoms with Crippen molar-refractivity contribution in [1.82, 2.24) is 14.1 Å². The first-order valence-corrected chi connectivity index (χ1v) is 10.8. The number of benzene rings is 2. The summed E-state index contributed by atoms with van der Waals surface area (Å²) < 4.78 is 17.8. The van der Waals surface area contributed by atoms with Crippen molar-refractivity contribution in [3.8, 4) is 28.3 Å². The quantitative estimate of drug-likeness (QED) is 0.480. The molecule has 0 radical (unpaired) electrons. The zero-order chi connectivity index (χ0) is 20.9. The van der Waals surface area contributed by atoms with E-state index in [1.54, 1.807) is 0 Å². The monoisotopic (exact) mass is 413 g/mol. The highest BCUT2D eigenvalue weighted by atomic mass is 19.1. The predicted octanol–water partition coefficient (Wildman–Crippen LogP) is 4.29. The smallest absolute Gasteiger partial charge is 0.161 e. The summed E-state index contributed by atoms with van der Waals surface area (Å²) in [5.74, 6) is 1.28. The number of fused-ring (bicyclic) bond motifs is 5. The maximum Gasteiger partial charge on any atom is 0.161 e. The molecule has 0 aliphatic carbocycles. The lowest BCUT2D eigenvalue weighted by molar-refractivity contribution is 0.602. The van der Waals surface area contributed by atoms with Crippen LogP contribution in [-0.4, -0.2) is 33.8 Å². The number of aromatic nitrogens is 3. The van der Waals surface area contributed by atoms with Crippen molar-refractivity contribution >= 4 is 5.69 Å². The summed E-state index contributed by atoms with van der Waals surface area (Å²) in [5.41, 5.74) is 12.7. The van der Waals surface area contributed by atoms with Crippen molar-refractivity contribution in [2.75, 3.05) is 24.5 Å². The fraction of sp³-hybridized carbons (Fsp3) is 0.240. The molecule has 5 nitrogen and oxygen atoms in total. The minimum Gasteiger partial charge on any atom is -0.371 e. The third kappa shape index (κ3) is 3.06. The Morgan fingerprint density at radius 1 is 1.06 bits per heavy atom. The first-order valence-electron chi connectivity index (χ1n) is 10.8. The normalized spacial score (nSPS) is 17.2. The molecule has 1 unspecified atom stereocenters. The van der Waals surface area contributed by atoms with E-state index in [1.807, 2.05) is 24.5 Å². The number of nitrogens with two attached hydrogens (primary N) is 1. The Morgan fingerprint density at radius 3 is 2.74 bits per heavy atom. The summed E-state index contributed by atoms with van der Waals surface area (Å²) in [6, 6.07) is 15.5. The van der Waals surface area contributed by atoms with Crippen LogP contribution in [0.2, 0.25) is 0 Å². The minimum atomic E-state index is -0.222. The summed E-state index contributed by atoms with van der Waals surface area (Å²) in [6.07, 6.45) is 7.17. The van der Waals surface area contributed by atoms with Gasteiger partial charge in [0.2, 0.25) is 0 Å². The van der Waals surface area contributed by atoms with Crippen molar-refractivity contribution < 1.29 is 4.39 Å². The molecule has 6 heteroatoms. The van der Waals surface area contributed by atoms with E-state index in [9.17, 15) is 4.39 Å². The number of hydrogen-bond acceptors (Lipinski definition) is 3. The first kappa shape index (κ1) is 18.4. The zero-order valence-corrected chi connectivity index (χ0v) is 17.2. The topological polar surface area (TPSA) is 52.0 Å². The summed E-state index contributed by atoms with van der Waals surface area (Å²) >= 11 is 0. The van der Waals surface area contributed by atoms with Crippen LogP contribution in [0.4, 0.5) is 10.1 Å². The second kappa shape index (κ2) is 7.10. The molecule has 2 aromatic heterocycles. The average Bonchev–Trinajstić information content (AvgIpc) is 3.52.